The number of nitrogens with two attached hydrogens (primary N) is 2. The van der Waals surface area contributed by atoms with Crippen LogP contribution >= 0.6 is 15.9 Å². The van der Waals surface area contributed by atoms with Crippen LogP contribution in [0.2, 0.25) is 0 Å². The molecule has 2 aromatic carbocycles. The zero-order valence-electron chi connectivity index (χ0n) is 10.8. The van der Waals surface area contributed by atoms with E-state index in [0.29, 0.717) is 17.8 Å². The Morgan fingerprint density at radius 2 is 1.90 bits per heavy atom. The molecule has 20 heavy (non-hydrogen) atoms. The van der Waals surface area contributed by atoms with Crippen LogP contribution in [0.1, 0.15) is 22.0 Å². The number of hydrogen-bond donors (Lipinski definition) is 3. The molecule has 1 unspecified atom stereocenters. The standard InChI is InChI=1S/C15H16BrN3O/c16-11-6-7-14(12(8-11)15(18)20)19-9-13(17)10-4-2-1-3-5-10/h1-8,13,19H,9,17H2,(H2,18,20). The lowest BCUT2D eigenvalue weighted by Crippen LogP contribution is -2.22. The second-order valence-corrected chi connectivity index (χ2v) is 5.37. The van der Waals surface area contributed by atoms with Crippen molar-refractivity contribution < 1.29 is 4.79 Å². The Morgan fingerprint density at radius 1 is 1.20 bits per heavy atom. The normalized spacial score (nSPS) is 11.9. The Morgan fingerprint density at radius 3 is 2.55 bits per heavy atom. The zero-order chi connectivity index (χ0) is 14.5. The molecule has 0 radical (unpaired) electrons. The minimum atomic E-state index is -0.470. The van der Waals surface area contributed by atoms with E-state index in [1.165, 1.54) is 0 Å². The number of hydrogen-bond acceptors (Lipinski definition) is 3. The first kappa shape index (κ1) is 14.6. The van der Waals surface area contributed by atoms with Crippen molar-refractivity contribution in [1.82, 2.24) is 0 Å². The van der Waals surface area contributed by atoms with Crippen molar-refractivity contribution in [2.75, 3.05) is 11.9 Å². The van der Waals surface area contributed by atoms with Gasteiger partial charge in [0.15, 0.2) is 0 Å². The van der Waals surface area contributed by atoms with Crippen molar-refractivity contribution in [3.8, 4) is 0 Å². The molecule has 0 saturated carbocycles. The summed E-state index contributed by atoms with van der Waals surface area (Å²) in [5, 5.41) is 3.17. The molecule has 0 bridgehead atoms. The highest BCUT2D eigenvalue weighted by Crippen LogP contribution is 2.21. The number of halogens is 1. The van der Waals surface area contributed by atoms with Gasteiger partial charge in [0, 0.05) is 22.7 Å². The van der Waals surface area contributed by atoms with Gasteiger partial charge in [-0.2, -0.15) is 0 Å². The molecule has 1 atom stereocenters. The fourth-order valence-corrected chi connectivity index (χ4v) is 2.27. The lowest BCUT2D eigenvalue weighted by atomic mass is 10.1. The van der Waals surface area contributed by atoms with Crippen LogP contribution in [0.5, 0.6) is 0 Å². The van der Waals surface area contributed by atoms with Crippen molar-refractivity contribution in [3.63, 3.8) is 0 Å². The van der Waals surface area contributed by atoms with Gasteiger partial charge in [0.05, 0.1) is 5.56 Å². The minimum absolute atomic E-state index is 0.152. The van der Waals surface area contributed by atoms with Crippen LogP contribution in [0, 0.1) is 0 Å². The molecule has 0 spiro atoms. The number of benzene rings is 2. The summed E-state index contributed by atoms with van der Waals surface area (Å²) in [7, 11) is 0. The molecule has 5 N–H and O–H groups in total. The van der Waals surface area contributed by atoms with E-state index in [0.717, 1.165) is 10.0 Å². The number of nitrogens with one attached hydrogen (secondary N) is 1. The first-order chi connectivity index (χ1) is 9.58. The maximum absolute atomic E-state index is 11.4. The summed E-state index contributed by atoms with van der Waals surface area (Å²) in [6.45, 7) is 0.520. The summed E-state index contributed by atoms with van der Waals surface area (Å²) in [5.41, 5.74) is 13.7. The molecule has 104 valence electrons. The number of anilines is 1. The van der Waals surface area contributed by atoms with Crippen LogP contribution in [-0.2, 0) is 0 Å². The van der Waals surface area contributed by atoms with Gasteiger partial charge in [0.2, 0.25) is 0 Å². The van der Waals surface area contributed by atoms with Gasteiger partial charge in [0.25, 0.3) is 5.91 Å². The summed E-state index contributed by atoms with van der Waals surface area (Å²) in [4.78, 5) is 11.4. The smallest absolute Gasteiger partial charge is 0.250 e. The highest BCUT2D eigenvalue weighted by molar-refractivity contribution is 9.10. The van der Waals surface area contributed by atoms with Gasteiger partial charge in [0.1, 0.15) is 0 Å². The van der Waals surface area contributed by atoms with Gasteiger partial charge >= 0.3 is 0 Å². The molecule has 0 heterocycles. The van der Waals surface area contributed by atoms with Crippen LogP contribution in [0.15, 0.2) is 53.0 Å². The van der Waals surface area contributed by atoms with E-state index < -0.39 is 5.91 Å². The maximum atomic E-state index is 11.4. The van der Waals surface area contributed by atoms with Crippen molar-refractivity contribution in [3.05, 3.63) is 64.1 Å². The fraction of sp³-hybridized carbons (Fsp3) is 0.133. The molecular weight excluding hydrogens is 318 g/mol. The Hall–Kier alpha value is -1.85. The average Bonchev–Trinajstić information content (AvgIpc) is 2.46. The lowest BCUT2D eigenvalue weighted by molar-refractivity contribution is 0.100. The topological polar surface area (TPSA) is 81.1 Å². The molecule has 5 heteroatoms. The monoisotopic (exact) mass is 333 g/mol. The van der Waals surface area contributed by atoms with Gasteiger partial charge in [-0.1, -0.05) is 46.3 Å². The van der Waals surface area contributed by atoms with E-state index in [1.807, 2.05) is 42.5 Å². The van der Waals surface area contributed by atoms with E-state index in [9.17, 15) is 4.79 Å². The molecule has 4 nitrogen and oxygen atoms in total. The first-order valence-corrected chi connectivity index (χ1v) is 7.01. The molecule has 1 amide bonds. The number of carbonyl (C=O) groups is 1. The van der Waals surface area contributed by atoms with E-state index in [-0.39, 0.29) is 6.04 Å². The highest BCUT2D eigenvalue weighted by atomic mass is 79.9. The summed E-state index contributed by atoms with van der Waals surface area (Å²) in [6, 6.07) is 15.0. The van der Waals surface area contributed by atoms with Crippen molar-refractivity contribution >= 4 is 27.5 Å². The molecule has 0 saturated heterocycles. The van der Waals surface area contributed by atoms with Gasteiger partial charge < -0.3 is 16.8 Å². The summed E-state index contributed by atoms with van der Waals surface area (Å²) < 4.78 is 0.809. The van der Waals surface area contributed by atoms with Crippen molar-refractivity contribution in [1.29, 1.82) is 0 Å². The van der Waals surface area contributed by atoms with E-state index in [1.54, 1.807) is 6.07 Å². The molecule has 0 aliphatic heterocycles. The van der Waals surface area contributed by atoms with Crippen LogP contribution < -0.4 is 16.8 Å². The molecule has 0 fully saturated rings. The van der Waals surface area contributed by atoms with Gasteiger partial charge in [-0.05, 0) is 23.8 Å². The Labute approximate surface area is 126 Å². The van der Waals surface area contributed by atoms with Crippen LogP contribution in [0.25, 0.3) is 0 Å². The quantitative estimate of drug-likeness (QED) is 0.786. The summed E-state index contributed by atoms with van der Waals surface area (Å²) in [6.07, 6.45) is 0. The predicted octanol–water partition coefficient (Wildman–Crippen LogP) is 2.66. The highest BCUT2D eigenvalue weighted by Gasteiger charge is 2.10. The van der Waals surface area contributed by atoms with Gasteiger partial charge in [-0.3, -0.25) is 4.79 Å². The minimum Gasteiger partial charge on any atom is -0.382 e. The van der Waals surface area contributed by atoms with E-state index >= 15 is 0 Å². The third kappa shape index (κ3) is 3.59. The Balaban J connectivity index is 2.09. The second kappa shape index (κ2) is 6.54. The fourth-order valence-electron chi connectivity index (χ4n) is 1.91. The van der Waals surface area contributed by atoms with Crippen molar-refractivity contribution in [2.24, 2.45) is 11.5 Å². The van der Waals surface area contributed by atoms with Gasteiger partial charge in [-0.15, -0.1) is 0 Å². The first-order valence-electron chi connectivity index (χ1n) is 6.21. The third-order valence-electron chi connectivity index (χ3n) is 2.99. The molecular formula is C15H16BrN3O. The van der Waals surface area contributed by atoms with Crippen LogP contribution in [0.3, 0.4) is 0 Å². The predicted molar refractivity (Wildman–Crippen MR) is 84.5 cm³/mol. The van der Waals surface area contributed by atoms with Crippen LogP contribution in [0.4, 0.5) is 5.69 Å². The Kier molecular flexibility index (Phi) is 4.76. The van der Waals surface area contributed by atoms with Crippen LogP contribution in [-0.4, -0.2) is 12.5 Å². The maximum Gasteiger partial charge on any atom is 0.250 e. The molecule has 2 rings (SSSR count). The zero-order valence-corrected chi connectivity index (χ0v) is 12.4. The molecule has 2 aromatic rings. The van der Waals surface area contributed by atoms with Gasteiger partial charge in [-0.25, -0.2) is 0 Å². The van der Waals surface area contributed by atoms with E-state index in [4.69, 9.17) is 11.5 Å². The summed E-state index contributed by atoms with van der Waals surface area (Å²) in [5.74, 6) is -0.470. The largest absolute Gasteiger partial charge is 0.382 e. The van der Waals surface area contributed by atoms with Crippen molar-refractivity contribution in [2.45, 2.75) is 6.04 Å². The number of rotatable bonds is 5. The number of primary amides is 1. The van der Waals surface area contributed by atoms with E-state index in [2.05, 4.69) is 21.2 Å². The molecule has 0 aliphatic rings. The lowest BCUT2D eigenvalue weighted by Gasteiger charge is -2.16. The molecule has 0 aliphatic carbocycles. The summed E-state index contributed by atoms with van der Waals surface area (Å²) >= 11 is 3.32. The average molecular weight is 334 g/mol. The second-order valence-electron chi connectivity index (χ2n) is 4.45. The third-order valence-corrected chi connectivity index (χ3v) is 3.48. The number of amides is 1. The SMILES string of the molecule is NC(=O)c1cc(Br)ccc1NCC(N)c1ccccc1. The Bertz CT molecular complexity index is 601. The molecule has 0 aromatic heterocycles. The number of carbonyl (C=O) groups excluding carboxylic acids is 1.